The van der Waals surface area contributed by atoms with Crippen molar-refractivity contribution in [2.75, 3.05) is 5.32 Å². The highest BCUT2D eigenvalue weighted by Crippen LogP contribution is 2.20. The predicted molar refractivity (Wildman–Crippen MR) is 119 cm³/mol. The molecule has 154 valence electrons. The van der Waals surface area contributed by atoms with Crippen molar-refractivity contribution in [2.24, 2.45) is 0 Å². The van der Waals surface area contributed by atoms with E-state index in [1.54, 1.807) is 30.3 Å². The van der Waals surface area contributed by atoms with E-state index in [9.17, 15) is 9.59 Å². The lowest BCUT2D eigenvalue weighted by molar-refractivity contribution is 0.103. The molecule has 0 saturated heterocycles. The summed E-state index contributed by atoms with van der Waals surface area (Å²) in [6.07, 6.45) is 2.95. The van der Waals surface area contributed by atoms with E-state index >= 15 is 0 Å². The van der Waals surface area contributed by atoms with Crippen LogP contribution in [0.25, 0.3) is 4.96 Å². The maximum absolute atomic E-state index is 12.4. The number of aromatic nitrogens is 3. The first-order valence-electron chi connectivity index (χ1n) is 9.59. The predicted octanol–water partition coefficient (Wildman–Crippen LogP) is 4.39. The average molecular weight is 441 g/mol. The summed E-state index contributed by atoms with van der Waals surface area (Å²) in [7, 11) is 0. The maximum Gasteiger partial charge on any atom is 0.275 e. The number of anilines is 1. The largest absolute Gasteiger partial charge is 0.487 e. The molecule has 0 radical (unpaired) electrons. The molecule has 4 rings (SSSR count). The number of hydrogen-bond donors (Lipinski definition) is 1. The summed E-state index contributed by atoms with van der Waals surface area (Å²) >= 11 is 2.82. The quantitative estimate of drug-likeness (QED) is 0.439. The number of fused-ring (bicyclic) bond motifs is 1. The van der Waals surface area contributed by atoms with Gasteiger partial charge in [-0.1, -0.05) is 36.8 Å². The molecule has 1 N–H and O–H groups in total. The van der Waals surface area contributed by atoms with E-state index in [0.717, 1.165) is 24.3 Å². The fraction of sp³-hybridized carbons (Fsp3) is 0.238. The normalized spacial score (nSPS) is 11.0. The van der Waals surface area contributed by atoms with E-state index in [1.165, 1.54) is 33.3 Å². The highest BCUT2D eigenvalue weighted by atomic mass is 32.1. The van der Waals surface area contributed by atoms with Crippen LogP contribution in [0, 0.1) is 0 Å². The van der Waals surface area contributed by atoms with Crippen LogP contribution < -0.4 is 15.6 Å². The standard InChI is InChI=1S/C21H20N4O3S2/c1-2-3-9-18-24-25-19(26)12-15(23-21(25)30-18)13-28-16-7-4-6-14(11-16)22-20(27)17-8-5-10-29-17/h4-8,10-12H,2-3,9,13H2,1H3,(H,22,27). The van der Waals surface area contributed by atoms with Crippen LogP contribution in [0.4, 0.5) is 5.69 Å². The van der Waals surface area contributed by atoms with Gasteiger partial charge in [0.15, 0.2) is 0 Å². The molecule has 0 saturated carbocycles. The summed E-state index contributed by atoms with van der Waals surface area (Å²) < 4.78 is 7.15. The Labute approximate surface area is 181 Å². The molecular weight excluding hydrogens is 420 g/mol. The summed E-state index contributed by atoms with van der Waals surface area (Å²) in [5, 5.41) is 9.97. The van der Waals surface area contributed by atoms with Gasteiger partial charge in [-0.05, 0) is 30.0 Å². The smallest absolute Gasteiger partial charge is 0.275 e. The van der Waals surface area contributed by atoms with Crippen molar-refractivity contribution in [3.05, 3.63) is 73.8 Å². The van der Waals surface area contributed by atoms with Gasteiger partial charge >= 0.3 is 0 Å². The highest BCUT2D eigenvalue weighted by molar-refractivity contribution is 7.16. The van der Waals surface area contributed by atoms with Crippen molar-refractivity contribution in [1.82, 2.24) is 14.6 Å². The first-order chi connectivity index (χ1) is 14.6. The summed E-state index contributed by atoms with van der Waals surface area (Å²) in [5.41, 5.74) is 0.964. The number of carbonyl (C=O) groups is 1. The van der Waals surface area contributed by atoms with Gasteiger partial charge in [0.25, 0.3) is 11.5 Å². The Kier molecular flexibility index (Phi) is 6.20. The van der Waals surface area contributed by atoms with Crippen LogP contribution >= 0.6 is 22.7 Å². The zero-order chi connectivity index (χ0) is 20.9. The second-order valence-corrected chi connectivity index (χ2v) is 8.62. The van der Waals surface area contributed by atoms with Gasteiger partial charge in [-0.2, -0.15) is 9.61 Å². The number of unbranched alkanes of at least 4 members (excludes halogenated alkanes) is 1. The first-order valence-corrected chi connectivity index (χ1v) is 11.3. The van der Waals surface area contributed by atoms with E-state index in [0.29, 0.717) is 27.0 Å². The molecule has 3 heterocycles. The fourth-order valence-corrected chi connectivity index (χ4v) is 4.40. The van der Waals surface area contributed by atoms with Gasteiger partial charge < -0.3 is 10.1 Å². The topological polar surface area (TPSA) is 85.6 Å². The van der Waals surface area contributed by atoms with Gasteiger partial charge in [0.2, 0.25) is 4.96 Å². The highest BCUT2D eigenvalue weighted by Gasteiger charge is 2.10. The Morgan fingerprint density at radius 3 is 2.93 bits per heavy atom. The lowest BCUT2D eigenvalue weighted by Crippen LogP contribution is -2.16. The van der Waals surface area contributed by atoms with Crippen LogP contribution in [0.1, 0.15) is 40.1 Å². The SMILES string of the molecule is CCCCc1nn2c(=O)cc(COc3cccc(NC(=O)c4cccs4)c3)nc2s1. The van der Waals surface area contributed by atoms with Crippen molar-refractivity contribution in [3.8, 4) is 5.75 Å². The van der Waals surface area contributed by atoms with Crippen molar-refractivity contribution in [3.63, 3.8) is 0 Å². The Morgan fingerprint density at radius 1 is 1.23 bits per heavy atom. The third kappa shape index (κ3) is 4.74. The van der Waals surface area contributed by atoms with Gasteiger partial charge in [-0.15, -0.1) is 11.3 Å². The fourth-order valence-electron chi connectivity index (χ4n) is 2.82. The number of nitrogens with zero attached hydrogens (tertiary/aromatic N) is 3. The number of carbonyl (C=O) groups excluding carboxylic acids is 1. The summed E-state index contributed by atoms with van der Waals surface area (Å²) in [6, 6.07) is 12.2. The summed E-state index contributed by atoms with van der Waals surface area (Å²) in [6.45, 7) is 2.27. The molecule has 0 atom stereocenters. The monoisotopic (exact) mass is 440 g/mol. The molecule has 0 bridgehead atoms. The molecule has 0 unspecified atom stereocenters. The molecule has 7 nitrogen and oxygen atoms in total. The van der Waals surface area contributed by atoms with Crippen molar-refractivity contribution in [1.29, 1.82) is 0 Å². The lowest BCUT2D eigenvalue weighted by Gasteiger charge is -2.08. The first kappa shape index (κ1) is 20.2. The Balaban J connectivity index is 1.44. The zero-order valence-electron chi connectivity index (χ0n) is 16.3. The molecule has 1 amide bonds. The molecule has 0 fully saturated rings. The third-order valence-electron chi connectivity index (χ3n) is 4.31. The van der Waals surface area contributed by atoms with Crippen LogP contribution in [0.5, 0.6) is 5.75 Å². The summed E-state index contributed by atoms with van der Waals surface area (Å²) in [5.74, 6) is 0.417. The van der Waals surface area contributed by atoms with Gasteiger partial charge in [0, 0.05) is 24.2 Å². The molecule has 9 heteroatoms. The van der Waals surface area contributed by atoms with E-state index in [4.69, 9.17) is 4.74 Å². The Hall–Kier alpha value is -3.04. The number of nitrogens with one attached hydrogen (secondary N) is 1. The molecule has 4 aromatic rings. The lowest BCUT2D eigenvalue weighted by atomic mass is 10.3. The van der Waals surface area contributed by atoms with Crippen molar-refractivity contribution >= 4 is 39.2 Å². The van der Waals surface area contributed by atoms with Crippen LogP contribution in [-0.4, -0.2) is 20.5 Å². The Bertz CT molecular complexity index is 1210. The molecule has 0 aliphatic carbocycles. The summed E-state index contributed by atoms with van der Waals surface area (Å²) in [4.78, 5) is 30.3. The number of aryl methyl sites for hydroxylation is 1. The number of thiophene rings is 1. The third-order valence-corrected chi connectivity index (χ3v) is 6.14. The average Bonchev–Trinajstić information content (AvgIpc) is 3.41. The molecule has 1 aromatic carbocycles. The van der Waals surface area contributed by atoms with Gasteiger partial charge in [0.05, 0.1) is 10.6 Å². The van der Waals surface area contributed by atoms with Gasteiger partial charge in [-0.25, -0.2) is 4.98 Å². The van der Waals surface area contributed by atoms with Gasteiger partial charge in [-0.3, -0.25) is 9.59 Å². The molecule has 0 spiro atoms. The molecule has 0 aliphatic rings. The number of ether oxygens (including phenoxy) is 1. The second kappa shape index (κ2) is 9.19. The molecular formula is C21H20N4O3S2. The minimum absolute atomic E-state index is 0.149. The molecule has 0 aliphatic heterocycles. The van der Waals surface area contributed by atoms with Crippen LogP contribution in [0.2, 0.25) is 0 Å². The minimum Gasteiger partial charge on any atom is -0.487 e. The van der Waals surface area contributed by atoms with Crippen LogP contribution in [-0.2, 0) is 13.0 Å². The van der Waals surface area contributed by atoms with E-state index in [2.05, 4.69) is 22.3 Å². The number of benzene rings is 1. The number of amides is 1. The van der Waals surface area contributed by atoms with E-state index in [-0.39, 0.29) is 18.1 Å². The van der Waals surface area contributed by atoms with Crippen molar-refractivity contribution < 1.29 is 9.53 Å². The second-order valence-electron chi connectivity index (χ2n) is 6.63. The van der Waals surface area contributed by atoms with Gasteiger partial charge in [0.1, 0.15) is 17.4 Å². The van der Waals surface area contributed by atoms with Crippen molar-refractivity contribution in [2.45, 2.75) is 32.8 Å². The maximum atomic E-state index is 12.4. The minimum atomic E-state index is -0.213. The number of hydrogen-bond acceptors (Lipinski definition) is 7. The van der Waals surface area contributed by atoms with Crippen LogP contribution in [0.15, 0.2) is 52.6 Å². The number of rotatable bonds is 8. The van der Waals surface area contributed by atoms with E-state index in [1.807, 2.05) is 11.4 Å². The van der Waals surface area contributed by atoms with Crippen LogP contribution in [0.3, 0.4) is 0 Å². The Morgan fingerprint density at radius 2 is 2.13 bits per heavy atom. The van der Waals surface area contributed by atoms with E-state index < -0.39 is 0 Å². The zero-order valence-corrected chi connectivity index (χ0v) is 18.0. The molecule has 30 heavy (non-hydrogen) atoms. The molecule has 3 aromatic heterocycles.